The quantitative estimate of drug-likeness (QED) is 0.303. The maximum atomic E-state index is 15.2. The number of hydrogen-bond acceptors (Lipinski definition) is 7. The van der Waals surface area contributed by atoms with E-state index in [0.29, 0.717) is 30.2 Å². The first-order chi connectivity index (χ1) is 18.4. The molecule has 3 N–H and O–H groups in total. The van der Waals surface area contributed by atoms with Crippen LogP contribution < -0.4 is 10.6 Å². The van der Waals surface area contributed by atoms with Crippen molar-refractivity contribution in [3.8, 4) is 11.1 Å². The number of nitrogens with one attached hydrogen (secondary N) is 3. The number of benzene rings is 1. The van der Waals surface area contributed by atoms with Crippen molar-refractivity contribution in [2.45, 2.75) is 50.9 Å². The van der Waals surface area contributed by atoms with E-state index in [1.54, 1.807) is 29.2 Å². The van der Waals surface area contributed by atoms with E-state index in [2.05, 4.69) is 42.1 Å². The van der Waals surface area contributed by atoms with Crippen molar-refractivity contribution in [1.29, 1.82) is 0 Å². The summed E-state index contributed by atoms with van der Waals surface area (Å²) in [5.41, 5.74) is 4.35. The van der Waals surface area contributed by atoms with E-state index < -0.39 is 24.3 Å². The highest BCUT2D eigenvalue weighted by atomic mass is 19.1. The highest BCUT2D eigenvalue weighted by Gasteiger charge is 2.41. The van der Waals surface area contributed by atoms with Crippen molar-refractivity contribution in [3.05, 3.63) is 54.7 Å². The molecule has 6 rings (SSSR count). The van der Waals surface area contributed by atoms with Crippen LogP contribution in [0.25, 0.3) is 27.5 Å². The van der Waals surface area contributed by atoms with E-state index >= 15 is 4.39 Å². The van der Waals surface area contributed by atoms with Gasteiger partial charge in [-0.2, -0.15) is 15.3 Å². The molecule has 0 bridgehead atoms. The predicted molar refractivity (Wildman–Crippen MR) is 140 cm³/mol. The minimum Gasteiger partial charge on any atom is -0.443 e. The third kappa shape index (κ3) is 4.31. The Bertz CT molecular complexity index is 1620. The van der Waals surface area contributed by atoms with Gasteiger partial charge in [-0.25, -0.2) is 18.7 Å². The van der Waals surface area contributed by atoms with Crippen LogP contribution >= 0.6 is 0 Å². The van der Waals surface area contributed by atoms with E-state index in [1.165, 1.54) is 0 Å². The number of fused-ring (bicyclic) bond motifs is 2. The lowest BCUT2D eigenvalue weighted by atomic mass is 10.0. The Morgan fingerprint density at radius 1 is 1.21 bits per heavy atom. The van der Waals surface area contributed by atoms with Gasteiger partial charge in [-0.15, -0.1) is 0 Å². The molecular formula is C26H28FN9O2. The van der Waals surface area contributed by atoms with Crippen molar-refractivity contribution in [2.75, 3.05) is 5.32 Å². The number of nitrogens with zero attached hydrogens (tertiary/aromatic N) is 6. The molecule has 0 aliphatic heterocycles. The number of aromatic nitrogens is 7. The van der Waals surface area contributed by atoms with Gasteiger partial charge in [0.1, 0.15) is 17.8 Å². The number of H-pyrrole nitrogens is 1. The number of carbonyl (C=O) groups excluding carboxylic acids is 1. The number of aryl methyl sites for hydroxylation is 1. The molecule has 1 fully saturated rings. The highest BCUT2D eigenvalue weighted by Crippen LogP contribution is 2.39. The third-order valence-corrected chi connectivity index (χ3v) is 6.90. The summed E-state index contributed by atoms with van der Waals surface area (Å²) in [5, 5.41) is 23.1. The number of aromatic amines is 1. The van der Waals surface area contributed by atoms with Crippen LogP contribution in [0.4, 0.5) is 20.8 Å². The van der Waals surface area contributed by atoms with Gasteiger partial charge < -0.3 is 15.4 Å². The van der Waals surface area contributed by atoms with Gasteiger partial charge in [0.25, 0.3) is 0 Å². The lowest BCUT2D eigenvalue weighted by Crippen LogP contribution is -2.36. The lowest BCUT2D eigenvalue weighted by Gasteiger charge is -2.18. The Morgan fingerprint density at radius 3 is 2.92 bits per heavy atom. The fourth-order valence-corrected chi connectivity index (χ4v) is 5.07. The Labute approximate surface area is 217 Å². The highest BCUT2D eigenvalue weighted by molar-refractivity contribution is 5.93. The molecule has 0 saturated heterocycles. The molecule has 0 radical (unpaired) electrons. The van der Waals surface area contributed by atoms with E-state index in [1.807, 2.05) is 43.9 Å². The standard InChI is InChI=1S/C26H28FN9O2/c1-14(2)31-26(37)38-21-7-5-17(23(21)27)19-11-22(34-33-19)32-25-24-18(13-30-36(24)9-8-28-25)15-4-6-20-16(10-15)12-29-35(20)3/h4,6,8-14,17,21,23H,5,7H2,1-3H3,(H,31,37)(H2,28,32,33,34)/t17-,21-,23+/m0/s1. The van der Waals surface area contributed by atoms with Crippen LogP contribution in [0.2, 0.25) is 0 Å². The number of halogens is 1. The number of rotatable bonds is 6. The number of alkyl halides is 1. The second-order valence-corrected chi connectivity index (χ2v) is 9.87. The second kappa shape index (κ2) is 9.43. The molecule has 5 aromatic rings. The van der Waals surface area contributed by atoms with Gasteiger partial charge in [0.05, 0.1) is 17.9 Å². The van der Waals surface area contributed by atoms with Crippen molar-refractivity contribution in [3.63, 3.8) is 0 Å². The monoisotopic (exact) mass is 517 g/mol. The van der Waals surface area contributed by atoms with Crippen LogP contribution in [-0.4, -0.2) is 59.0 Å². The first kappa shape index (κ1) is 23.9. The summed E-state index contributed by atoms with van der Waals surface area (Å²) < 4.78 is 24.1. The maximum Gasteiger partial charge on any atom is 0.407 e. The molecule has 4 heterocycles. The Balaban J connectivity index is 1.23. The summed E-state index contributed by atoms with van der Waals surface area (Å²) in [6.45, 7) is 3.65. The zero-order valence-electron chi connectivity index (χ0n) is 21.2. The minimum atomic E-state index is -1.33. The van der Waals surface area contributed by atoms with E-state index in [9.17, 15) is 4.79 Å². The maximum absolute atomic E-state index is 15.2. The molecular weight excluding hydrogens is 489 g/mol. The molecule has 4 aromatic heterocycles. The molecule has 0 spiro atoms. The fourth-order valence-electron chi connectivity index (χ4n) is 5.07. The number of ether oxygens (including phenoxy) is 1. The summed E-state index contributed by atoms with van der Waals surface area (Å²) in [7, 11) is 1.91. The number of amides is 1. The first-order valence-corrected chi connectivity index (χ1v) is 12.6. The molecule has 3 atom stereocenters. The molecule has 11 nitrogen and oxygen atoms in total. The fraction of sp³-hybridized carbons (Fsp3) is 0.346. The summed E-state index contributed by atoms with van der Waals surface area (Å²) in [4.78, 5) is 16.5. The smallest absolute Gasteiger partial charge is 0.407 e. The lowest BCUT2D eigenvalue weighted by molar-refractivity contribution is 0.0555. The van der Waals surface area contributed by atoms with Crippen LogP contribution in [0.1, 0.15) is 38.3 Å². The molecule has 1 aromatic carbocycles. The number of carbonyl (C=O) groups is 1. The zero-order valence-corrected chi connectivity index (χ0v) is 21.2. The van der Waals surface area contributed by atoms with Crippen LogP contribution in [0.5, 0.6) is 0 Å². The first-order valence-electron chi connectivity index (χ1n) is 12.6. The summed E-state index contributed by atoms with van der Waals surface area (Å²) in [6, 6.07) is 7.84. The van der Waals surface area contributed by atoms with Crippen molar-refractivity contribution in [2.24, 2.45) is 7.05 Å². The van der Waals surface area contributed by atoms with Crippen LogP contribution in [-0.2, 0) is 11.8 Å². The number of anilines is 2. The summed E-state index contributed by atoms with van der Waals surface area (Å²) in [6.07, 6.45) is 5.34. The average molecular weight is 518 g/mol. The average Bonchev–Trinajstić information content (AvgIpc) is 3.67. The SMILES string of the molecule is CC(C)NC(=O)O[C@H]1CC[C@@H](c2cc(Nc3nccn4ncc(-c5ccc6c(cnn6C)c5)c34)n[nH]2)[C@H]1F. The molecule has 1 aliphatic carbocycles. The predicted octanol–water partition coefficient (Wildman–Crippen LogP) is 4.47. The van der Waals surface area contributed by atoms with E-state index in [0.717, 1.165) is 27.5 Å². The van der Waals surface area contributed by atoms with Gasteiger partial charge in [-0.3, -0.25) is 9.78 Å². The molecule has 1 saturated carbocycles. The van der Waals surface area contributed by atoms with Crippen LogP contribution in [0, 0.1) is 0 Å². The largest absolute Gasteiger partial charge is 0.443 e. The van der Waals surface area contributed by atoms with Crippen molar-refractivity contribution in [1.82, 2.24) is 39.9 Å². The minimum absolute atomic E-state index is 0.0772. The Morgan fingerprint density at radius 2 is 2.08 bits per heavy atom. The van der Waals surface area contributed by atoms with Crippen LogP contribution in [0.3, 0.4) is 0 Å². The molecule has 1 amide bonds. The topological polar surface area (TPSA) is 127 Å². The zero-order chi connectivity index (χ0) is 26.4. The van der Waals surface area contributed by atoms with Gasteiger partial charge >= 0.3 is 6.09 Å². The van der Waals surface area contributed by atoms with Gasteiger partial charge in [0, 0.05) is 54.1 Å². The van der Waals surface area contributed by atoms with Crippen LogP contribution in [0.15, 0.2) is 49.1 Å². The van der Waals surface area contributed by atoms with Crippen molar-refractivity contribution < 1.29 is 13.9 Å². The Kier molecular flexibility index (Phi) is 5.93. The molecule has 0 unspecified atom stereocenters. The van der Waals surface area contributed by atoms with E-state index in [-0.39, 0.29) is 6.04 Å². The summed E-state index contributed by atoms with van der Waals surface area (Å²) in [5.74, 6) is 0.624. The molecule has 38 heavy (non-hydrogen) atoms. The van der Waals surface area contributed by atoms with Gasteiger partial charge in [-0.05, 0) is 44.4 Å². The van der Waals surface area contributed by atoms with Crippen molar-refractivity contribution >= 4 is 34.1 Å². The Hall–Kier alpha value is -4.48. The van der Waals surface area contributed by atoms with Gasteiger partial charge in [0.15, 0.2) is 11.6 Å². The normalized spacial score (nSPS) is 19.4. The van der Waals surface area contributed by atoms with Gasteiger partial charge in [-0.1, -0.05) is 6.07 Å². The number of hydrogen-bond donors (Lipinski definition) is 3. The summed E-state index contributed by atoms with van der Waals surface area (Å²) >= 11 is 0. The number of alkyl carbamates (subject to hydrolysis) is 1. The molecule has 196 valence electrons. The second-order valence-electron chi connectivity index (χ2n) is 9.87. The van der Waals surface area contributed by atoms with E-state index in [4.69, 9.17) is 4.74 Å². The molecule has 1 aliphatic rings. The molecule has 12 heteroatoms. The third-order valence-electron chi connectivity index (χ3n) is 6.90. The van der Waals surface area contributed by atoms with Gasteiger partial charge in [0.2, 0.25) is 0 Å².